The number of nitrogens with two attached hydrogens (primary N) is 1. The third-order valence-corrected chi connectivity index (χ3v) is 3.46. The van der Waals surface area contributed by atoms with E-state index in [1.54, 1.807) is 30.3 Å². The number of halogens is 2. The van der Waals surface area contributed by atoms with Crippen LogP contribution in [0.5, 0.6) is 5.75 Å². The molecule has 0 saturated heterocycles. The van der Waals surface area contributed by atoms with Crippen molar-refractivity contribution in [3.05, 3.63) is 58.3 Å². The van der Waals surface area contributed by atoms with Crippen molar-refractivity contribution in [1.29, 1.82) is 0 Å². The Kier molecular flexibility index (Phi) is 5.30. The molecule has 2 aromatic carbocycles. The van der Waals surface area contributed by atoms with Crippen molar-refractivity contribution < 1.29 is 13.9 Å². The van der Waals surface area contributed by atoms with Gasteiger partial charge in [-0.3, -0.25) is 4.79 Å². The van der Waals surface area contributed by atoms with Gasteiger partial charge in [-0.1, -0.05) is 24.3 Å². The molecule has 4 nitrogen and oxygen atoms in total. The van der Waals surface area contributed by atoms with Gasteiger partial charge in [-0.2, -0.15) is 0 Å². The van der Waals surface area contributed by atoms with Crippen molar-refractivity contribution in [2.75, 3.05) is 11.9 Å². The van der Waals surface area contributed by atoms with Crippen LogP contribution in [0.2, 0.25) is 0 Å². The summed E-state index contributed by atoms with van der Waals surface area (Å²) in [6.45, 7) is -0.159. The molecular weight excluding hydrogens is 339 g/mol. The van der Waals surface area contributed by atoms with Crippen molar-refractivity contribution in [2.24, 2.45) is 5.73 Å². The van der Waals surface area contributed by atoms with Gasteiger partial charge in [0.05, 0.1) is 5.69 Å². The van der Waals surface area contributed by atoms with Gasteiger partial charge in [0, 0.05) is 16.6 Å². The van der Waals surface area contributed by atoms with E-state index in [2.05, 4.69) is 21.2 Å². The summed E-state index contributed by atoms with van der Waals surface area (Å²) in [6.07, 6.45) is 0. The summed E-state index contributed by atoms with van der Waals surface area (Å²) in [5.41, 5.74) is 6.66. The van der Waals surface area contributed by atoms with E-state index in [9.17, 15) is 9.18 Å². The predicted molar refractivity (Wildman–Crippen MR) is 82.6 cm³/mol. The number of nitrogens with one attached hydrogen (secondary N) is 1. The van der Waals surface area contributed by atoms with Gasteiger partial charge in [0.2, 0.25) is 0 Å². The first-order valence-corrected chi connectivity index (χ1v) is 7.05. The molecule has 0 heterocycles. The topological polar surface area (TPSA) is 64.3 Å². The van der Waals surface area contributed by atoms with Gasteiger partial charge >= 0.3 is 0 Å². The molecular formula is C15H14BrFN2O2. The van der Waals surface area contributed by atoms with E-state index < -0.39 is 5.82 Å². The fraction of sp³-hybridized carbons (Fsp3) is 0.133. The van der Waals surface area contributed by atoms with Crippen LogP contribution in [0, 0.1) is 5.82 Å². The second-order valence-corrected chi connectivity index (χ2v) is 5.10. The van der Waals surface area contributed by atoms with Crippen LogP contribution in [0.4, 0.5) is 10.1 Å². The Bertz CT molecular complexity index is 649. The van der Waals surface area contributed by atoms with Crippen LogP contribution in [0.3, 0.4) is 0 Å². The number of carbonyl (C=O) groups excluding carboxylic acids is 1. The van der Waals surface area contributed by atoms with E-state index in [-0.39, 0.29) is 24.8 Å². The summed E-state index contributed by atoms with van der Waals surface area (Å²) < 4.78 is 19.7. The lowest BCUT2D eigenvalue weighted by molar-refractivity contribution is -0.118. The first-order valence-electron chi connectivity index (χ1n) is 6.26. The molecule has 0 aliphatic rings. The van der Waals surface area contributed by atoms with Gasteiger partial charge in [-0.05, 0) is 34.1 Å². The molecule has 0 aliphatic carbocycles. The van der Waals surface area contributed by atoms with Crippen LogP contribution in [0.1, 0.15) is 5.56 Å². The van der Waals surface area contributed by atoms with Crippen LogP contribution < -0.4 is 15.8 Å². The molecule has 3 N–H and O–H groups in total. The van der Waals surface area contributed by atoms with Gasteiger partial charge in [0.1, 0.15) is 0 Å². The molecule has 0 unspecified atom stereocenters. The zero-order valence-electron chi connectivity index (χ0n) is 11.1. The predicted octanol–water partition coefficient (Wildman–Crippen LogP) is 3.06. The molecule has 6 heteroatoms. The number of carbonyl (C=O) groups is 1. The second-order valence-electron chi connectivity index (χ2n) is 4.25. The fourth-order valence-electron chi connectivity index (χ4n) is 1.76. The van der Waals surface area contributed by atoms with Crippen molar-refractivity contribution in [1.82, 2.24) is 0 Å². The average molecular weight is 353 g/mol. The summed E-state index contributed by atoms with van der Waals surface area (Å²) in [5, 5.41) is 2.67. The molecule has 110 valence electrons. The van der Waals surface area contributed by atoms with Gasteiger partial charge in [-0.25, -0.2) is 4.39 Å². The summed E-state index contributed by atoms with van der Waals surface area (Å²) in [6, 6.07) is 11.7. The minimum absolute atomic E-state index is 0.0160. The monoisotopic (exact) mass is 352 g/mol. The van der Waals surface area contributed by atoms with E-state index in [4.69, 9.17) is 10.5 Å². The standard InChI is InChI=1S/C15H14BrFN2O2/c16-11-5-1-2-7-13(11)19-14(20)9-21-15-10(8-18)4-3-6-12(15)17/h1-7H,8-9,18H2,(H,19,20). The molecule has 1 amide bonds. The summed E-state index contributed by atoms with van der Waals surface area (Å²) in [7, 11) is 0. The highest BCUT2D eigenvalue weighted by atomic mass is 79.9. The largest absolute Gasteiger partial charge is 0.480 e. The van der Waals surface area contributed by atoms with Crippen LogP contribution in [-0.2, 0) is 11.3 Å². The van der Waals surface area contributed by atoms with Crippen LogP contribution >= 0.6 is 15.9 Å². The van der Waals surface area contributed by atoms with Crippen molar-refractivity contribution in [2.45, 2.75) is 6.54 Å². The van der Waals surface area contributed by atoms with E-state index in [1.165, 1.54) is 6.07 Å². The molecule has 2 rings (SSSR count). The third-order valence-electron chi connectivity index (χ3n) is 2.76. The summed E-state index contributed by atoms with van der Waals surface area (Å²) >= 11 is 3.32. The Morgan fingerprint density at radius 1 is 1.24 bits per heavy atom. The number of hydrogen-bond acceptors (Lipinski definition) is 3. The minimum Gasteiger partial charge on any atom is -0.480 e. The van der Waals surface area contributed by atoms with Crippen molar-refractivity contribution >= 4 is 27.5 Å². The highest BCUT2D eigenvalue weighted by Gasteiger charge is 2.11. The fourth-order valence-corrected chi connectivity index (χ4v) is 2.15. The molecule has 0 radical (unpaired) electrons. The Morgan fingerprint density at radius 2 is 2.00 bits per heavy atom. The average Bonchev–Trinajstić information content (AvgIpc) is 2.48. The zero-order valence-corrected chi connectivity index (χ0v) is 12.7. The maximum atomic E-state index is 13.7. The number of para-hydroxylation sites is 2. The van der Waals surface area contributed by atoms with Crippen LogP contribution in [0.25, 0.3) is 0 Å². The number of anilines is 1. The molecule has 0 atom stereocenters. The maximum Gasteiger partial charge on any atom is 0.262 e. The smallest absolute Gasteiger partial charge is 0.262 e. The van der Waals surface area contributed by atoms with Crippen LogP contribution in [0.15, 0.2) is 46.9 Å². The number of rotatable bonds is 5. The number of benzene rings is 2. The molecule has 0 saturated carbocycles. The van der Waals surface area contributed by atoms with Gasteiger partial charge < -0.3 is 15.8 Å². The van der Waals surface area contributed by atoms with E-state index >= 15 is 0 Å². The zero-order chi connectivity index (χ0) is 15.2. The van der Waals surface area contributed by atoms with Crippen molar-refractivity contribution in [3.8, 4) is 5.75 Å². The molecule has 2 aromatic rings. The lowest BCUT2D eigenvalue weighted by Crippen LogP contribution is -2.21. The Labute approximate surface area is 130 Å². The third kappa shape index (κ3) is 4.03. The molecule has 0 bridgehead atoms. The first-order chi connectivity index (χ1) is 10.1. The molecule has 0 fully saturated rings. The van der Waals surface area contributed by atoms with E-state index in [1.807, 2.05) is 6.07 Å². The summed E-state index contributed by atoms with van der Waals surface area (Å²) in [4.78, 5) is 11.8. The summed E-state index contributed by atoms with van der Waals surface area (Å²) in [5.74, 6) is -0.901. The number of ether oxygens (including phenoxy) is 1. The van der Waals surface area contributed by atoms with E-state index in [0.29, 0.717) is 11.3 Å². The SMILES string of the molecule is NCc1cccc(F)c1OCC(=O)Nc1ccccc1Br. The lowest BCUT2D eigenvalue weighted by atomic mass is 10.2. The van der Waals surface area contributed by atoms with Crippen LogP contribution in [-0.4, -0.2) is 12.5 Å². The van der Waals surface area contributed by atoms with Gasteiger partial charge in [0.25, 0.3) is 5.91 Å². The Morgan fingerprint density at radius 3 is 2.71 bits per heavy atom. The highest BCUT2D eigenvalue weighted by Crippen LogP contribution is 2.23. The first kappa shape index (κ1) is 15.5. The molecule has 21 heavy (non-hydrogen) atoms. The minimum atomic E-state index is -0.536. The van der Waals surface area contributed by atoms with Gasteiger partial charge in [-0.15, -0.1) is 0 Å². The second kappa shape index (κ2) is 7.19. The normalized spacial score (nSPS) is 10.2. The quantitative estimate of drug-likeness (QED) is 0.868. The Hall–Kier alpha value is -1.92. The number of hydrogen-bond donors (Lipinski definition) is 2. The lowest BCUT2D eigenvalue weighted by Gasteiger charge is -2.12. The number of amides is 1. The highest BCUT2D eigenvalue weighted by molar-refractivity contribution is 9.10. The van der Waals surface area contributed by atoms with E-state index in [0.717, 1.165) is 4.47 Å². The maximum absolute atomic E-state index is 13.7. The van der Waals surface area contributed by atoms with Gasteiger partial charge in [0.15, 0.2) is 18.2 Å². The molecule has 0 spiro atoms. The Balaban J connectivity index is 2.01. The molecule has 0 aromatic heterocycles. The molecule has 0 aliphatic heterocycles. The van der Waals surface area contributed by atoms with Crippen molar-refractivity contribution in [3.63, 3.8) is 0 Å².